The van der Waals surface area contributed by atoms with Crippen molar-refractivity contribution in [2.45, 2.75) is 32.7 Å². The molecule has 0 aliphatic carbocycles. The third-order valence-corrected chi connectivity index (χ3v) is 7.56. The summed E-state index contributed by atoms with van der Waals surface area (Å²) in [5.74, 6) is 0.643. The van der Waals surface area contributed by atoms with Gasteiger partial charge < -0.3 is 19.5 Å². The van der Waals surface area contributed by atoms with E-state index in [2.05, 4.69) is 17.0 Å². The topological polar surface area (TPSA) is 86.0 Å². The van der Waals surface area contributed by atoms with E-state index < -0.39 is 12.0 Å². The monoisotopic (exact) mass is 483 g/mol. The average Bonchev–Trinajstić information content (AvgIpc) is 3.33. The fourth-order valence-electron chi connectivity index (χ4n) is 4.62. The number of thiophene rings is 1. The molecule has 0 saturated carbocycles. The molecule has 0 spiro atoms. The number of likely N-dealkylation sites (N-methyl/N-ethyl adjacent to an activating group) is 1. The first kappa shape index (κ1) is 25.6. The molecule has 1 atom stereocenters. The number of piperidine rings is 1. The summed E-state index contributed by atoms with van der Waals surface area (Å²) in [5.41, 5.74) is 1.32. The second-order valence-corrected chi connectivity index (χ2v) is 9.34. The van der Waals surface area contributed by atoms with Crippen molar-refractivity contribution in [2.24, 2.45) is 5.92 Å². The van der Waals surface area contributed by atoms with Crippen molar-refractivity contribution in [2.75, 3.05) is 45.3 Å². The number of nitrogens with zero attached hydrogens (tertiary/aromatic N) is 3. The molecule has 1 aromatic carbocycles. The van der Waals surface area contributed by atoms with Gasteiger partial charge in [0.25, 0.3) is 0 Å². The summed E-state index contributed by atoms with van der Waals surface area (Å²) in [7, 11) is 3.16. The van der Waals surface area contributed by atoms with E-state index in [9.17, 15) is 15.2 Å². The maximum absolute atomic E-state index is 11.9. The summed E-state index contributed by atoms with van der Waals surface area (Å²) in [6.07, 6.45) is 3.60. The van der Waals surface area contributed by atoms with Gasteiger partial charge in [0.1, 0.15) is 6.04 Å². The van der Waals surface area contributed by atoms with Crippen molar-refractivity contribution in [3.63, 3.8) is 0 Å². The van der Waals surface area contributed by atoms with Crippen molar-refractivity contribution in [1.29, 1.82) is 5.26 Å². The third-order valence-electron chi connectivity index (χ3n) is 6.47. The molecule has 1 aromatic heterocycles. The van der Waals surface area contributed by atoms with E-state index in [4.69, 9.17) is 9.47 Å². The molecule has 0 amide bonds. The zero-order valence-electron chi connectivity index (χ0n) is 20.3. The van der Waals surface area contributed by atoms with Crippen LogP contribution < -0.4 is 14.4 Å². The Bertz CT molecular complexity index is 1050. The van der Waals surface area contributed by atoms with Crippen molar-refractivity contribution in [3.8, 4) is 17.6 Å². The second kappa shape index (κ2) is 11.9. The average molecular weight is 484 g/mol. The van der Waals surface area contributed by atoms with Crippen LogP contribution in [-0.2, 0) is 4.79 Å². The number of carboxylic acids is 1. The lowest BCUT2D eigenvalue weighted by Crippen LogP contribution is -2.49. The number of carbonyl (C=O) groups is 1. The minimum atomic E-state index is -0.718. The Labute approximate surface area is 205 Å². The van der Waals surface area contributed by atoms with E-state index in [1.807, 2.05) is 43.0 Å². The standard InChI is InChI=1S/C26H33N3O4S/c1-5-28(6-2)25(26(30)31)18-11-13-29(14-12-18)24-10-8-21(34-24)15-20(17-27)19-7-9-22(32-3)23(16-19)33-4/h7-10,15-16,18,25H,5-6,11-14H2,1-4H3,(H,30,31). The van der Waals surface area contributed by atoms with Crippen LogP contribution in [0.25, 0.3) is 11.6 Å². The van der Waals surface area contributed by atoms with E-state index in [1.54, 1.807) is 31.6 Å². The van der Waals surface area contributed by atoms with Gasteiger partial charge in [0.2, 0.25) is 0 Å². The fraction of sp³-hybridized carbons (Fsp3) is 0.462. The summed E-state index contributed by atoms with van der Waals surface area (Å²) in [5, 5.41) is 20.7. The quantitative estimate of drug-likeness (QED) is 0.484. The minimum Gasteiger partial charge on any atom is -0.493 e. The number of anilines is 1. The molecule has 1 aliphatic rings. The molecular formula is C26H33N3O4S. The Kier molecular flexibility index (Phi) is 8.97. The molecule has 1 aliphatic heterocycles. The zero-order chi connectivity index (χ0) is 24.7. The highest BCUT2D eigenvalue weighted by atomic mass is 32.1. The lowest BCUT2D eigenvalue weighted by atomic mass is 9.88. The van der Waals surface area contributed by atoms with E-state index in [1.165, 1.54) is 0 Å². The van der Waals surface area contributed by atoms with Crippen molar-refractivity contribution < 1.29 is 19.4 Å². The van der Waals surface area contributed by atoms with E-state index in [-0.39, 0.29) is 5.92 Å². The first-order chi connectivity index (χ1) is 16.4. The van der Waals surface area contributed by atoms with Crippen LogP contribution in [0.4, 0.5) is 5.00 Å². The van der Waals surface area contributed by atoms with Crippen LogP contribution >= 0.6 is 11.3 Å². The number of nitriles is 1. The second-order valence-electron chi connectivity index (χ2n) is 8.24. The number of ether oxygens (including phenoxy) is 2. The maximum atomic E-state index is 11.9. The Morgan fingerprint density at radius 2 is 1.88 bits per heavy atom. The summed E-state index contributed by atoms with van der Waals surface area (Å²) >= 11 is 1.64. The van der Waals surface area contributed by atoms with Crippen molar-refractivity contribution in [1.82, 2.24) is 4.90 Å². The van der Waals surface area contributed by atoms with Gasteiger partial charge >= 0.3 is 5.97 Å². The molecule has 182 valence electrons. The molecule has 0 radical (unpaired) electrons. The summed E-state index contributed by atoms with van der Waals surface area (Å²) in [6.45, 7) is 7.20. The predicted molar refractivity (Wildman–Crippen MR) is 137 cm³/mol. The van der Waals surface area contributed by atoms with Gasteiger partial charge in [-0.05, 0) is 73.8 Å². The van der Waals surface area contributed by atoms with Crippen LogP contribution in [0.3, 0.4) is 0 Å². The van der Waals surface area contributed by atoms with Gasteiger partial charge in [-0.15, -0.1) is 11.3 Å². The fourth-order valence-corrected chi connectivity index (χ4v) is 5.63. The number of benzene rings is 1. The molecule has 0 bridgehead atoms. The first-order valence-corrected chi connectivity index (χ1v) is 12.4. The van der Waals surface area contributed by atoms with Crippen LogP contribution in [-0.4, -0.2) is 62.4 Å². The highest BCUT2D eigenvalue weighted by molar-refractivity contribution is 7.17. The van der Waals surface area contributed by atoms with Crippen molar-refractivity contribution in [3.05, 3.63) is 40.8 Å². The third kappa shape index (κ3) is 5.72. The summed E-state index contributed by atoms with van der Waals surface area (Å²) in [6, 6.07) is 11.4. The predicted octanol–water partition coefficient (Wildman–Crippen LogP) is 4.84. The number of allylic oxidation sites excluding steroid dienone is 1. The SMILES string of the molecule is CCN(CC)C(C(=O)O)C1CCN(c2ccc(C=C(C#N)c3ccc(OC)c(OC)c3)s2)CC1. The van der Waals surface area contributed by atoms with E-state index >= 15 is 0 Å². The number of methoxy groups -OCH3 is 2. The molecule has 1 N–H and O–H groups in total. The number of aliphatic carboxylic acids is 1. The minimum absolute atomic E-state index is 0.156. The largest absolute Gasteiger partial charge is 0.493 e. The Hall–Kier alpha value is -3.02. The van der Waals surface area contributed by atoms with Gasteiger partial charge in [-0.1, -0.05) is 13.8 Å². The van der Waals surface area contributed by atoms with Crippen LogP contribution in [0.1, 0.15) is 37.1 Å². The molecule has 34 heavy (non-hydrogen) atoms. The van der Waals surface area contributed by atoms with E-state index in [0.717, 1.165) is 54.5 Å². The smallest absolute Gasteiger partial charge is 0.321 e. The number of rotatable bonds is 10. The molecule has 3 rings (SSSR count). The maximum Gasteiger partial charge on any atom is 0.321 e. The van der Waals surface area contributed by atoms with Crippen LogP contribution in [0, 0.1) is 17.2 Å². The van der Waals surface area contributed by atoms with Gasteiger partial charge in [-0.25, -0.2) is 0 Å². The molecule has 7 nitrogen and oxygen atoms in total. The lowest BCUT2D eigenvalue weighted by molar-refractivity contribution is -0.145. The Morgan fingerprint density at radius 3 is 2.44 bits per heavy atom. The number of carboxylic acid groups (broad SMARTS) is 1. The summed E-state index contributed by atoms with van der Waals surface area (Å²) in [4.78, 5) is 17.3. The molecule has 2 heterocycles. The highest BCUT2D eigenvalue weighted by Gasteiger charge is 2.34. The summed E-state index contributed by atoms with van der Waals surface area (Å²) < 4.78 is 10.7. The molecular weight excluding hydrogens is 450 g/mol. The van der Waals surface area contributed by atoms with Gasteiger partial charge in [-0.2, -0.15) is 5.26 Å². The number of hydrogen-bond acceptors (Lipinski definition) is 7. The zero-order valence-corrected chi connectivity index (χ0v) is 21.1. The lowest BCUT2D eigenvalue weighted by Gasteiger charge is -2.38. The number of hydrogen-bond donors (Lipinski definition) is 1. The Balaban J connectivity index is 1.71. The molecule has 1 unspecified atom stereocenters. The normalized spacial score (nSPS) is 15.8. The van der Waals surface area contributed by atoms with Gasteiger partial charge in [0.05, 0.1) is 30.9 Å². The highest BCUT2D eigenvalue weighted by Crippen LogP contribution is 2.35. The van der Waals surface area contributed by atoms with Crippen LogP contribution in [0.15, 0.2) is 30.3 Å². The molecule has 1 saturated heterocycles. The molecule has 2 aromatic rings. The van der Waals surface area contributed by atoms with Gasteiger partial charge in [0, 0.05) is 18.0 Å². The first-order valence-electron chi connectivity index (χ1n) is 11.6. The molecule has 8 heteroatoms. The van der Waals surface area contributed by atoms with E-state index in [0.29, 0.717) is 17.1 Å². The Morgan fingerprint density at radius 1 is 1.21 bits per heavy atom. The van der Waals surface area contributed by atoms with Crippen LogP contribution in [0.2, 0.25) is 0 Å². The van der Waals surface area contributed by atoms with Gasteiger partial charge in [0.15, 0.2) is 11.5 Å². The van der Waals surface area contributed by atoms with Crippen molar-refractivity contribution >= 4 is 34.0 Å². The van der Waals surface area contributed by atoms with Crippen LogP contribution in [0.5, 0.6) is 11.5 Å². The molecule has 1 fully saturated rings. The van der Waals surface area contributed by atoms with Gasteiger partial charge in [-0.3, -0.25) is 9.69 Å².